The van der Waals surface area contributed by atoms with E-state index in [2.05, 4.69) is 17.9 Å². The molecule has 3 unspecified atom stereocenters. The molecule has 49 heavy (non-hydrogen) atoms. The lowest BCUT2D eigenvalue weighted by molar-refractivity contribution is -0.127. The van der Waals surface area contributed by atoms with Gasteiger partial charge in [0.05, 0.1) is 39.5 Å². The highest BCUT2D eigenvalue weighted by molar-refractivity contribution is 5.96. The van der Waals surface area contributed by atoms with Crippen molar-refractivity contribution in [3.63, 3.8) is 0 Å². The van der Waals surface area contributed by atoms with Crippen LogP contribution in [0, 0.1) is 0 Å². The van der Waals surface area contributed by atoms with Crippen LogP contribution in [-0.2, 0) is 15.6 Å². The van der Waals surface area contributed by atoms with E-state index in [0.29, 0.717) is 93.0 Å². The van der Waals surface area contributed by atoms with Gasteiger partial charge >= 0.3 is 0 Å². The van der Waals surface area contributed by atoms with Crippen LogP contribution in [-0.4, -0.2) is 87.9 Å². The van der Waals surface area contributed by atoms with Crippen LogP contribution in [0.25, 0.3) is 0 Å². The van der Waals surface area contributed by atoms with Crippen molar-refractivity contribution in [1.82, 2.24) is 9.80 Å². The molecule has 2 N–H and O–H groups in total. The molecule has 0 saturated carbocycles. The molecular weight excluding hydrogens is 622 g/mol. The standard InChI is InChI=1S/C39H51N3O7/c1-7-41-20-18-38(37(40)44,28-14-12-11-13-15-28)25-34(41)39(29-16-17-30(45-5)31(24-29)46-6)19-21-42(26-39)36(43)27-22-32(47-8-2)35(49-10-4)33(23-27)48-9-3/h11-17,22-24,34H,7-10,18-21,25-26H2,1-6H3,(H2,40,44). The normalized spacial score (nSPS) is 22.4. The van der Waals surface area contributed by atoms with Crippen molar-refractivity contribution >= 4 is 11.8 Å². The van der Waals surface area contributed by atoms with E-state index in [9.17, 15) is 9.59 Å². The maximum absolute atomic E-state index is 14.5. The fraction of sp³-hybridized carbons (Fsp3) is 0.487. The minimum absolute atomic E-state index is 0.117. The molecule has 10 nitrogen and oxygen atoms in total. The van der Waals surface area contributed by atoms with Gasteiger partial charge in [0.15, 0.2) is 23.0 Å². The quantitative estimate of drug-likeness (QED) is 0.236. The second kappa shape index (κ2) is 15.4. The van der Waals surface area contributed by atoms with Crippen molar-refractivity contribution in [1.29, 1.82) is 0 Å². The van der Waals surface area contributed by atoms with Crippen molar-refractivity contribution in [2.75, 3.05) is 60.2 Å². The van der Waals surface area contributed by atoms with Gasteiger partial charge in [0.25, 0.3) is 5.91 Å². The van der Waals surface area contributed by atoms with Gasteiger partial charge in [-0.1, -0.05) is 43.3 Å². The number of carbonyl (C=O) groups excluding carboxylic acids is 2. The van der Waals surface area contributed by atoms with Crippen molar-refractivity contribution < 1.29 is 33.3 Å². The first-order chi connectivity index (χ1) is 23.7. The van der Waals surface area contributed by atoms with Gasteiger partial charge in [-0.25, -0.2) is 0 Å². The van der Waals surface area contributed by atoms with E-state index in [4.69, 9.17) is 29.4 Å². The Morgan fingerprint density at radius 3 is 2.00 bits per heavy atom. The Morgan fingerprint density at radius 2 is 1.43 bits per heavy atom. The highest BCUT2D eigenvalue weighted by atomic mass is 16.5. The molecular formula is C39H51N3O7. The molecule has 2 saturated heterocycles. The maximum atomic E-state index is 14.5. The molecule has 0 bridgehead atoms. The van der Waals surface area contributed by atoms with Gasteiger partial charge in [-0.3, -0.25) is 14.5 Å². The van der Waals surface area contributed by atoms with E-state index in [0.717, 1.165) is 17.7 Å². The molecule has 0 aromatic heterocycles. The van der Waals surface area contributed by atoms with Gasteiger partial charge in [-0.15, -0.1) is 0 Å². The van der Waals surface area contributed by atoms with Crippen LogP contribution >= 0.6 is 0 Å². The van der Waals surface area contributed by atoms with Gasteiger partial charge in [0, 0.05) is 30.1 Å². The van der Waals surface area contributed by atoms with Crippen molar-refractivity contribution in [3.05, 3.63) is 77.4 Å². The SMILES string of the molecule is CCOc1cc(C(=O)N2CCC(c3ccc(OC)c(OC)c3)(C3CC(C(N)=O)(c4ccccc4)CCN3CC)C2)cc(OCC)c1OCC. The van der Waals surface area contributed by atoms with Crippen LogP contribution in [0.15, 0.2) is 60.7 Å². The van der Waals surface area contributed by atoms with Crippen LogP contribution in [0.3, 0.4) is 0 Å². The van der Waals surface area contributed by atoms with E-state index < -0.39 is 10.8 Å². The van der Waals surface area contributed by atoms with Crippen molar-refractivity contribution in [2.24, 2.45) is 5.73 Å². The molecule has 0 aliphatic carbocycles. The number of nitrogens with zero attached hydrogens (tertiary/aromatic N) is 2. The molecule has 0 radical (unpaired) electrons. The summed E-state index contributed by atoms with van der Waals surface area (Å²) in [6.45, 7) is 11.5. The maximum Gasteiger partial charge on any atom is 0.254 e. The summed E-state index contributed by atoms with van der Waals surface area (Å²) in [5.41, 5.74) is 7.32. The molecule has 5 rings (SSSR count). The van der Waals surface area contributed by atoms with Crippen molar-refractivity contribution in [2.45, 2.75) is 63.8 Å². The fourth-order valence-corrected chi connectivity index (χ4v) is 7.91. The molecule has 3 atom stereocenters. The second-order valence-corrected chi connectivity index (χ2v) is 12.7. The number of rotatable bonds is 14. The molecule has 3 aromatic carbocycles. The number of benzene rings is 3. The first-order valence-corrected chi connectivity index (χ1v) is 17.4. The van der Waals surface area contributed by atoms with Gasteiger partial charge in [-0.2, -0.15) is 0 Å². The number of ether oxygens (including phenoxy) is 5. The number of likely N-dealkylation sites (N-methyl/N-ethyl adjacent to an activating group) is 1. The molecule has 0 spiro atoms. The smallest absolute Gasteiger partial charge is 0.254 e. The molecule has 2 heterocycles. The predicted molar refractivity (Wildman–Crippen MR) is 189 cm³/mol. The largest absolute Gasteiger partial charge is 0.493 e. The predicted octanol–water partition coefficient (Wildman–Crippen LogP) is 5.59. The third-order valence-electron chi connectivity index (χ3n) is 10.4. The Morgan fingerprint density at radius 1 is 0.776 bits per heavy atom. The van der Waals surface area contributed by atoms with Crippen molar-refractivity contribution in [3.8, 4) is 28.7 Å². The lowest BCUT2D eigenvalue weighted by Crippen LogP contribution is -2.61. The Balaban J connectivity index is 1.62. The average molecular weight is 674 g/mol. The summed E-state index contributed by atoms with van der Waals surface area (Å²) < 4.78 is 29.2. The van der Waals surface area contributed by atoms with Gasteiger partial charge < -0.3 is 34.3 Å². The topological polar surface area (TPSA) is 113 Å². The number of methoxy groups -OCH3 is 2. The Hall–Kier alpha value is -4.44. The third kappa shape index (κ3) is 6.75. The lowest BCUT2D eigenvalue weighted by Gasteiger charge is -2.52. The minimum Gasteiger partial charge on any atom is -0.493 e. The molecule has 264 valence electrons. The molecule has 2 fully saturated rings. The summed E-state index contributed by atoms with van der Waals surface area (Å²) >= 11 is 0. The zero-order valence-electron chi connectivity index (χ0n) is 29.8. The van der Waals surface area contributed by atoms with E-state index in [1.807, 2.05) is 68.1 Å². The summed E-state index contributed by atoms with van der Waals surface area (Å²) in [6, 6.07) is 19.3. The first-order valence-electron chi connectivity index (χ1n) is 17.4. The second-order valence-electron chi connectivity index (χ2n) is 12.7. The summed E-state index contributed by atoms with van der Waals surface area (Å²) in [5.74, 6) is 2.23. The number of carbonyl (C=O) groups is 2. The Kier molecular flexibility index (Phi) is 11.3. The number of primary amides is 1. The number of nitrogens with two attached hydrogens (primary N) is 1. The molecule has 2 aliphatic heterocycles. The first kappa shape index (κ1) is 35.9. The number of hydrogen-bond acceptors (Lipinski definition) is 8. The monoisotopic (exact) mass is 673 g/mol. The molecule has 10 heteroatoms. The van der Waals surface area contributed by atoms with Gasteiger partial charge in [-0.05, 0) is 88.5 Å². The summed E-state index contributed by atoms with van der Waals surface area (Å²) in [6.07, 6.45) is 1.81. The van der Waals surface area contributed by atoms with E-state index in [1.165, 1.54) is 0 Å². The van der Waals surface area contributed by atoms with E-state index in [1.54, 1.807) is 26.4 Å². The molecule has 2 amide bonds. The number of hydrogen-bond donors (Lipinski definition) is 1. The Labute approximate surface area is 290 Å². The summed E-state index contributed by atoms with van der Waals surface area (Å²) in [5, 5.41) is 0. The van der Waals surface area contributed by atoms with Crippen LogP contribution in [0.4, 0.5) is 0 Å². The van der Waals surface area contributed by atoms with E-state index in [-0.39, 0.29) is 17.9 Å². The highest BCUT2D eigenvalue weighted by Gasteiger charge is 2.55. The number of piperidine rings is 1. The molecule has 2 aliphatic rings. The Bertz CT molecular complexity index is 1590. The zero-order chi connectivity index (χ0) is 35.2. The minimum atomic E-state index is -0.855. The fourth-order valence-electron chi connectivity index (χ4n) is 7.91. The van der Waals surface area contributed by atoms with Gasteiger partial charge in [0.1, 0.15) is 0 Å². The van der Waals surface area contributed by atoms with Crippen LogP contribution in [0.2, 0.25) is 0 Å². The van der Waals surface area contributed by atoms with Gasteiger partial charge in [0.2, 0.25) is 11.7 Å². The zero-order valence-corrected chi connectivity index (χ0v) is 29.8. The summed E-state index contributed by atoms with van der Waals surface area (Å²) in [4.78, 5) is 32.4. The molecule has 3 aromatic rings. The van der Waals surface area contributed by atoms with E-state index >= 15 is 0 Å². The average Bonchev–Trinajstić information content (AvgIpc) is 3.59. The van der Waals surface area contributed by atoms with Crippen LogP contribution < -0.4 is 29.4 Å². The third-order valence-corrected chi connectivity index (χ3v) is 10.4. The number of likely N-dealkylation sites (tertiary alicyclic amines) is 2. The van der Waals surface area contributed by atoms with Crippen LogP contribution in [0.5, 0.6) is 28.7 Å². The van der Waals surface area contributed by atoms with Crippen LogP contribution in [0.1, 0.15) is 68.4 Å². The number of amides is 2. The lowest BCUT2D eigenvalue weighted by atomic mass is 9.61. The highest BCUT2D eigenvalue weighted by Crippen LogP contribution is 2.50. The summed E-state index contributed by atoms with van der Waals surface area (Å²) in [7, 11) is 3.25.